The first-order chi connectivity index (χ1) is 9.87. The maximum atomic E-state index is 13.2. The van der Waals surface area contributed by atoms with E-state index in [4.69, 9.17) is 0 Å². The van der Waals surface area contributed by atoms with Gasteiger partial charge < -0.3 is 10.4 Å². The summed E-state index contributed by atoms with van der Waals surface area (Å²) < 4.78 is 39.6. The number of nitrogens with one attached hydrogen (secondary N) is 1. The zero-order chi connectivity index (χ0) is 15.5. The van der Waals surface area contributed by atoms with Crippen molar-refractivity contribution in [1.29, 1.82) is 0 Å². The number of aliphatic hydroxyl groups is 1. The molecule has 1 saturated carbocycles. The van der Waals surface area contributed by atoms with Crippen LogP contribution in [-0.4, -0.2) is 17.8 Å². The van der Waals surface area contributed by atoms with Gasteiger partial charge in [-0.05, 0) is 31.4 Å². The van der Waals surface area contributed by atoms with Gasteiger partial charge in [-0.15, -0.1) is 0 Å². The lowest BCUT2D eigenvalue weighted by Crippen LogP contribution is -2.50. The molecule has 0 amide bonds. The quantitative estimate of drug-likeness (QED) is 0.885. The molecular weight excluding hydrogens is 279 g/mol. The van der Waals surface area contributed by atoms with Crippen LogP contribution in [0.4, 0.5) is 13.2 Å². The van der Waals surface area contributed by atoms with Gasteiger partial charge in [-0.2, -0.15) is 13.2 Å². The number of aliphatic hydroxyl groups excluding tert-OH is 1. The summed E-state index contributed by atoms with van der Waals surface area (Å²) in [5.41, 5.74) is -1.64. The highest BCUT2D eigenvalue weighted by atomic mass is 19.4. The van der Waals surface area contributed by atoms with Crippen molar-refractivity contribution in [3.63, 3.8) is 0 Å². The van der Waals surface area contributed by atoms with Crippen LogP contribution >= 0.6 is 0 Å². The van der Waals surface area contributed by atoms with Gasteiger partial charge in [-0.3, -0.25) is 0 Å². The molecule has 1 aromatic rings. The molecule has 1 aliphatic carbocycles. The van der Waals surface area contributed by atoms with Crippen LogP contribution in [0.1, 0.15) is 50.2 Å². The normalized spacial score (nSPS) is 20.2. The molecule has 118 valence electrons. The molecule has 0 aromatic heterocycles. The Morgan fingerprint density at radius 1 is 1.10 bits per heavy atom. The fraction of sp³-hybridized carbons (Fsp3) is 0.625. The molecule has 21 heavy (non-hydrogen) atoms. The number of halogens is 3. The molecule has 0 aliphatic heterocycles. The maximum absolute atomic E-state index is 13.2. The van der Waals surface area contributed by atoms with Crippen LogP contribution in [0, 0.1) is 0 Å². The summed E-state index contributed by atoms with van der Waals surface area (Å²) in [4.78, 5) is 0. The van der Waals surface area contributed by atoms with Gasteiger partial charge in [0.1, 0.15) is 0 Å². The van der Waals surface area contributed by atoms with Crippen molar-refractivity contribution in [2.75, 3.05) is 6.61 Å². The average Bonchev–Trinajstić information content (AvgIpc) is 2.47. The first-order valence-corrected chi connectivity index (χ1v) is 7.42. The van der Waals surface area contributed by atoms with Crippen molar-refractivity contribution in [3.05, 3.63) is 35.4 Å². The molecule has 1 atom stereocenters. The van der Waals surface area contributed by atoms with Gasteiger partial charge in [0, 0.05) is 6.04 Å². The van der Waals surface area contributed by atoms with Crippen LogP contribution in [0.2, 0.25) is 0 Å². The molecule has 2 nitrogen and oxygen atoms in total. The number of hydrogen-bond donors (Lipinski definition) is 2. The molecule has 2 rings (SSSR count). The smallest absolute Gasteiger partial charge is 0.394 e. The highest BCUT2D eigenvalue weighted by Crippen LogP contribution is 2.37. The second-order valence-corrected chi connectivity index (χ2v) is 6.01. The second kappa shape index (κ2) is 6.36. The summed E-state index contributed by atoms with van der Waals surface area (Å²) in [5, 5.41) is 13.0. The maximum Gasteiger partial charge on any atom is 0.416 e. The highest BCUT2D eigenvalue weighted by Gasteiger charge is 2.39. The van der Waals surface area contributed by atoms with E-state index >= 15 is 0 Å². The van der Waals surface area contributed by atoms with Crippen LogP contribution in [0.5, 0.6) is 0 Å². The topological polar surface area (TPSA) is 32.3 Å². The van der Waals surface area contributed by atoms with Crippen LogP contribution in [0.15, 0.2) is 24.3 Å². The van der Waals surface area contributed by atoms with E-state index in [1.807, 2.05) is 0 Å². The summed E-state index contributed by atoms with van der Waals surface area (Å²) in [6.07, 6.45) is 0.822. The standard InChI is InChI=1S/C16H22F3NO/c1-15(11-21,20-12-7-3-2-4-8-12)13-9-5-6-10-14(13)16(17,18)19/h5-6,9-10,12,20-21H,2-4,7-8,11H2,1H3. The number of rotatable bonds is 4. The zero-order valence-corrected chi connectivity index (χ0v) is 12.2. The summed E-state index contributed by atoms with van der Waals surface area (Å²) in [5.74, 6) is 0. The highest BCUT2D eigenvalue weighted by molar-refractivity contribution is 5.35. The Hall–Kier alpha value is -1.07. The summed E-state index contributed by atoms with van der Waals surface area (Å²) in [7, 11) is 0. The van der Waals surface area contributed by atoms with Crippen molar-refractivity contribution < 1.29 is 18.3 Å². The van der Waals surface area contributed by atoms with E-state index in [0.717, 1.165) is 31.7 Å². The van der Waals surface area contributed by atoms with Crippen LogP contribution in [-0.2, 0) is 11.7 Å². The molecular formula is C16H22F3NO. The molecule has 1 unspecified atom stereocenters. The van der Waals surface area contributed by atoms with Gasteiger partial charge in [0.25, 0.3) is 0 Å². The average molecular weight is 301 g/mol. The molecule has 1 aliphatic rings. The van der Waals surface area contributed by atoms with Gasteiger partial charge in [0.2, 0.25) is 0 Å². The van der Waals surface area contributed by atoms with Gasteiger partial charge >= 0.3 is 6.18 Å². The van der Waals surface area contributed by atoms with E-state index in [0.29, 0.717) is 0 Å². The lowest BCUT2D eigenvalue weighted by atomic mass is 9.85. The number of hydrogen-bond acceptors (Lipinski definition) is 2. The molecule has 2 N–H and O–H groups in total. The van der Waals surface area contributed by atoms with Gasteiger partial charge in [0.05, 0.1) is 17.7 Å². The zero-order valence-electron chi connectivity index (χ0n) is 12.2. The molecule has 1 aromatic carbocycles. The van der Waals surface area contributed by atoms with Gasteiger partial charge in [0.15, 0.2) is 0 Å². The third-order valence-corrected chi connectivity index (χ3v) is 4.27. The van der Waals surface area contributed by atoms with Gasteiger partial charge in [-0.1, -0.05) is 37.5 Å². The lowest BCUT2D eigenvalue weighted by molar-refractivity contribution is -0.139. The van der Waals surface area contributed by atoms with Crippen molar-refractivity contribution in [2.45, 2.75) is 56.8 Å². The fourth-order valence-corrected chi connectivity index (χ4v) is 3.12. The third-order valence-electron chi connectivity index (χ3n) is 4.27. The van der Waals surface area contributed by atoms with E-state index in [1.54, 1.807) is 13.0 Å². The Balaban J connectivity index is 2.31. The van der Waals surface area contributed by atoms with Crippen LogP contribution in [0.3, 0.4) is 0 Å². The summed E-state index contributed by atoms with van der Waals surface area (Å²) >= 11 is 0. The fourth-order valence-electron chi connectivity index (χ4n) is 3.12. The molecule has 1 fully saturated rings. The predicted octanol–water partition coefficient (Wildman–Crippen LogP) is 3.84. The minimum atomic E-state index is -4.42. The summed E-state index contributed by atoms with van der Waals surface area (Å²) in [6, 6.07) is 5.66. The van der Waals surface area contributed by atoms with Crippen molar-refractivity contribution >= 4 is 0 Å². The minimum absolute atomic E-state index is 0.116. The van der Waals surface area contributed by atoms with Crippen LogP contribution < -0.4 is 5.32 Å². The molecule has 0 bridgehead atoms. The van der Waals surface area contributed by atoms with E-state index in [-0.39, 0.29) is 18.2 Å². The largest absolute Gasteiger partial charge is 0.416 e. The molecule has 0 saturated heterocycles. The molecule has 0 heterocycles. The first-order valence-electron chi connectivity index (χ1n) is 7.42. The summed E-state index contributed by atoms with van der Waals surface area (Å²) in [6.45, 7) is 1.28. The van der Waals surface area contributed by atoms with Gasteiger partial charge in [-0.25, -0.2) is 0 Å². The first kappa shape index (κ1) is 16.3. The molecule has 0 radical (unpaired) electrons. The van der Waals surface area contributed by atoms with Crippen molar-refractivity contribution in [3.8, 4) is 0 Å². The van der Waals surface area contributed by atoms with E-state index in [1.165, 1.54) is 18.6 Å². The second-order valence-electron chi connectivity index (χ2n) is 6.01. The Morgan fingerprint density at radius 3 is 2.19 bits per heavy atom. The Bertz CT molecular complexity index is 469. The molecule has 0 spiro atoms. The SMILES string of the molecule is CC(CO)(NC1CCCCC1)c1ccccc1C(F)(F)F. The van der Waals surface area contributed by atoms with Crippen molar-refractivity contribution in [2.24, 2.45) is 0 Å². The minimum Gasteiger partial charge on any atom is -0.394 e. The number of alkyl halides is 3. The van der Waals surface area contributed by atoms with E-state index in [2.05, 4.69) is 5.32 Å². The monoisotopic (exact) mass is 301 g/mol. The Labute approximate surface area is 123 Å². The Morgan fingerprint density at radius 2 is 1.67 bits per heavy atom. The Kier molecular flexibility index (Phi) is 4.94. The predicted molar refractivity (Wildman–Crippen MR) is 75.9 cm³/mol. The lowest BCUT2D eigenvalue weighted by Gasteiger charge is -2.37. The van der Waals surface area contributed by atoms with Crippen LogP contribution in [0.25, 0.3) is 0 Å². The number of benzene rings is 1. The van der Waals surface area contributed by atoms with E-state index < -0.39 is 17.3 Å². The van der Waals surface area contributed by atoms with E-state index in [9.17, 15) is 18.3 Å². The third kappa shape index (κ3) is 3.77. The molecule has 5 heteroatoms. The van der Waals surface area contributed by atoms with Crippen molar-refractivity contribution in [1.82, 2.24) is 5.32 Å².